The van der Waals surface area contributed by atoms with E-state index in [1.807, 2.05) is 6.07 Å². The van der Waals surface area contributed by atoms with Gasteiger partial charge in [-0.15, -0.1) is 0 Å². The van der Waals surface area contributed by atoms with Gasteiger partial charge in [0.25, 0.3) is 0 Å². The molecular formula is C14H16N2. The topological polar surface area (TPSA) is 35.8 Å². The van der Waals surface area contributed by atoms with Crippen molar-refractivity contribution in [1.29, 1.82) is 5.26 Å². The molecular weight excluding hydrogens is 196 g/mol. The summed E-state index contributed by atoms with van der Waals surface area (Å²) in [6, 6.07) is 8.33. The third-order valence-electron chi connectivity index (χ3n) is 4.15. The summed E-state index contributed by atoms with van der Waals surface area (Å²) in [5.41, 5.74) is 3.78. The Morgan fingerprint density at radius 2 is 2.00 bits per heavy atom. The molecule has 1 aromatic rings. The lowest BCUT2D eigenvalue weighted by atomic mass is 9.70. The van der Waals surface area contributed by atoms with Crippen molar-refractivity contribution in [3.8, 4) is 6.07 Å². The number of anilines is 1. The first-order chi connectivity index (χ1) is 7.84. The fourth-order valence-corrected chi connectivity index (χ4v) is 3.24. The van der Waals surface area contributed by atoms with E-state index in [1.54, 1.807) is 0 Å². The van der Waals surface area contributed by atoms with Gasteiger partial charge in [0.15, 0.2) is 0 Å². The second-order valence-electron chi connectivity index (χ2n) is 5.07. The normalized spacial score (nSPS) is 21.2. The zero-order chi connectivity index (χ0) is 11.0. The fraction of sp³-hybridized carbons (Fsp3) is 0.500. The van der Waals surface area contributed by atoms with Crippen molar-refractivity contribution in [2.75, 3.05) is 11.9 Å². The number of hydrogen-bond acceptors (Lipinski definition) is 2. The highest BCUT2D eigenvalue weighted by atomic mass is 14.9. The van der Waals surface area contributed by atoms with Gasteiger partial charge in [-0.25, -0.2) is 0 Å². The average Bonchev–Trinajstić information content (AvgIpc) is 2.69. The van der Waals surface area contributed by atoms with Crippen LogP contribution in [0.25, 0.3) is 0 Å². The number of benzene rings is 1. The van der Waals surface area contributed by atoms with Gasteiger partial charge in [-0.1, -0.05) is 19.3 Å². The maximum atomic E-state index is 8.99. The van der Waals surface area contributed by atoms with Gasteiger partial charge in [0.2, 0.25) is 0 Å². The van der Waals surface area contributed by atoms with Crippen LogP contribution in [-0.4, -0.2) is 6.54 Å². The molecule has 1 N–H and O–H groups in total. The van der Waals surface area contributed by atoms with Crippen LogP contribution < -0.4 is 5.32 Å². The van der Waals surface area contributed by atoms with Gasteiger partial charge in [-0.2, -0.15) is 5.26 Å². The average molecular weight is 212 g/mol. The van der Waals surface area contributed by atoms with Gasteiger partial charge in [0.1, 0.15) is 0 Å². The van der Waals surface area contributed by atoms with Crippen LogP contribution in [0.4, 0.5) is 5.69 Å². The van der Waals surface area contributed by atoms with E-state index < -0.39 is 0 Å². The van der Waals surface area contributed by atoms with E-state index in [0.717, 1.165) is 12.1 Å². The summed E-state index contributed by atoms with van der Waals surface area (Å²) in [5.74, 6) is 0. The van der Waals surface area contributed by atoms with Gasteiger partial charge in [0.05, 0.1) is 11.6 Å². The highest BCUT2D eigenvalue weighted by molar-refractivity contribution is 5.62. The Hall–Kier alpha value is -1.49. The molecule has 0 aromatic heterocycles. The van der Waals surface area contributed by atoms with Crippen LogP contribution in [-0.2, 0) is 5.41 Å². The minimum atomic E-state index is 0.334. The molecule has 82 valence electrons. The summed E-state index contributed by atoms with van der Waals surface area (Å²) < 4.78 is 0. The molecule has 0 radical (unpaired) electrons. The molecule has 1 saturated carbocycles. The van der Waals surface area contributed by atoms with Crippen molar-refractivity contribution < 1.29 is 0 Å². The van der Waals surface area contributed by atoms with Crippen LogP contribution in [0.15, 0.2) is 18.2 Å². The van der Waals surface area contributed by atoms with Gasteiger partial charge in [0, 0.05) is 17.6 Å². The van der Waals surface area contributed by atoms with Gasteiger partial charge >= 0.3 is 0 Å². The molecule has 3 rings (SSSR count). The molecule has 1 spiro atoms. The summed E-state index contributed by atoms with van der Waals surface area (Å²) in [4.78, 5) is 0. The third kappa shape index (κ3) is 1.31. The number of rotatable bonds is 0. The molecule has 1 fully saturated rings. The van der Waals surface area contributed by atoms with Crippen molar-refractivity contribution in [3.63, 3.8) is 0 Å². The molecule has 16 heavy (non-hydrogen) atoms. The number of nitriles is 1. The van der Waals surface area contributed by atoms with Crippen LogP contribution >= 0.6 is 0 Å². The monoisotopic (exact) mass is 212 g/mol. The number of nitrogens with zero attached hydrogens (tertiary/aromatic N) is 1. The number of fused-ring (bicyclic) bond motifs is 2. The Morgan fingerprint density at radius 1 is 1.19 bits per heavy atom. The fourth-order valence-electron chi connectivity index (χ4n) is 3.24. The summed E-state index contributed by atoms with van der Waals surface area (Å²) in [6.45, 7) is 1.07. The molecule has 0 amide bonds. The quantitative estimate of drug-likeness (QED) is 0.717. The molecule has 2 nitrogen and oxygen atoms in total. The molecule has 0 unspecified atom stereocenters. The van der Waals surface area contributed by atoms with E-state index in [0.29, 0.717) is 5.41 Å². The predicted molar refractivity (Wildman–Crippen MR) is 64.4 cm³/mol. The van der Waals surface area contributed by atoms with Crippen LogP contribution in [0.1, 0.15) is 43.2 Å². The Morgan fingerprint density at radius 3 is 2.75 bits per heavy atom. The van der Waals surface area contributed by atoms with Crippen molar-refractivity contribution in [2.24, 2.45) is 0 Å². The third-order valence-corrected chi connectivity index (χ3v) is 4.15. The first-order valence-corrected chi connectivity index (χ1v) is 6.13. The zero-order valence-corrected chi connectivity index (χ0v) is 9.42. The van der Waals surface area contributed by atoms with Gasteiger partial charge in [-0.3, -0.25) is 0 Å². The highest BCUT2D eigenvalue weighted by Crippen LogP contribution is 2.46. The Labute approximate surface area is 96.3 Å². The number of hydrogen-bond donors (Lipinski definition) is 1. The van der Waals surface area contributed by atoms with Crippen molar-refractivity contribution in [2.45, 2.75) is 37.5 Å². The molecule has 0 atom stereocenters. The second-order valence-corrected chi connectivity index (χ2v) is 5.07. The van der Waals surface area contributed by atoms with E-state index >= 15 is 0 Å². The van der Waals surface area contributed by atoms with Crippen LogP contribution in [0.5, 0.6) is 0 Å². The SMILES string of the molecule is N#Cc1ccc2c(c1)C1(CCCCC1)CN2. The molecule has 1 heterocycles. The minimum Gasteiger partial charge on any atom is -0.384 e. The zero-order valence-electron chi connectivity index (χ0n) is 9.42. The van der Waals surface area contributed by atoms with E-state index in [-0.39, 0.29) is 0 Å². The standard InChI is InChI=1S/C14H16N2/c15-9-11-4-5-13-12(8-11)14(10-16-13)6-2-1-3-7-14/h4-5,8,16H,1-3,6-7,10H2. The Kier molecular flexibility index (Phi) is 2.14. The lowest BCUT2D eigenvalue weighted by molar-refractivity contribution is 0.319. The van der Waals surface area contributed by atoms with Crippen LogP contribution in [0.3, 0.4) is 0 Å². The molecule has 1 aliphatic carbocycles. The molecule has 0 bridgehead atoms. The molecule has 0 saturated heterocycles. The maximum absolute atomic E-state index is 8.99. The van der Waals surface area contributed by atoms with Crippen molar-refractivity contribution >= 4 is 5.69 Å². The minimum absolute atomic E-state index is 0.334. The lowest BCUT2D eigenvalue weighted by Gasteiger charge is -2.33. The van der Waals surface area contributed by atoms with Crippen molar-refractivity contribution in [3.05, 3.63) is 29.3 Å². The van der Waals surface area contributed by atoms with Crippen LogP contribution in [0, 0.1) is 11.3 Å². The molecule has 1 aliphatic heterocycles. The molecule has 2 heteroatoms. The summed E-state index contributed by atoms with van der Waals surface area (Å²) >= 11 is 0. The maximum Gasteiger partial charge on any atom is 0.0991 e. The Bertz CT molecular complexity index is 445. The molecule has 1 aromatic carbocycles. The summed E-state index contributed by atoms with van der Waals surface area (Å²) in [6.07, 6.45) is 6.59. The van der Waals surface area contributed by atoms with E-state index in [2.05, 4.69) is 23.5 Å². The van der Waals surface area contributed by atoms with Gasteiger partial charge < -0.3 is 5.32 Å². The van der Waals surface area contributed by atoms with Gasteiger partial charge in [-0.05, 0) is 36.6 Å². The Balaban J connectivity index is 2.06. The summed E-state index contributed by atoms with van der Waals surface area (Å²) in [7, 11) is 0. The highest BCUT2D eigenvalue weighted by Gasteiger charge is 2.39. The smallest absolute Gasteiger partial charge is 0.0991 e. The lowest BCUT2D eigenvalue weighted by Crippen LogP contribution is -2.30. The van der Waals surface area contributed by atoms with E-state index in [1.165, 1.54) is 43.4 Å². The largest absolute Gasteiger partial charge is 0.384 e. The first kappa shape index (κ1) is 9.72. The van der Waals surface area contributed by atoms with Crippen molar-refractivity contribution in [1.82, 2.24) is 0 Å². The summed E-state index contributed by atoms with van der Waals surface area (Å²) in [5, 5.41) is 12.5. The number of nitrogens with one attached hydrogen (secondary N) is 1. The molecule has 2 aliphatic rings. The van der Waals surface area contributed by atoms with E-state index in [4.69, 9.17) is 5.26 Å². The second kappa shape index (κ2) is 3.52. The van der Waals surface area contributed by atoms with E-state index in [9.17, 15) is 0 Å². The predicted octanol–water partition coefficient (Wildman–Crippen LogP) is 3.19. The van der Waals surface area contributed by atoms with Crippen LogP contribution in [0.2, 0.25) is 0 Å². The first-order valence-electron chi connectivity index (χ1n) is 6.13.